The van der Waals surface area contributed by atoms with Crippen LogP contribution in [0.25, 0.3) is 0 Å². The van der Waals surface area contributed by atoms with Crippen LogP contribution in [0.5, 0.6) is 5.75 Å². The van der Waals surface area contributed by atoms with Gasteiger partial charge in [-0.3, -0.25) is 14.4 Å². The Hall–Kier alpha value is -2.17. The Labute approximate surface area is 141 Å². The van der Waals surface area contributed by atoms with Gasteiger partial charge in [0.25, 0.3) is 0 Å². The molecule has 0 radical (unpaired) electrons. The van der Waals surface area contributed by atoms with Crippen molar-refractivity contribution in [1.29, 1.82) is 0 Å². The van der Waals surface area contributed by atoms with Gasteiger partial charge < -0.3 is 10.1 Å². The van der Waals surface area contributed by atoms with Gasteiger partial charge >= 0.3 is 0 Å². The van der Waals surface area contributed by atoms with Gasteiger partial charge in [0.1, 0.15) is 11.2 Å². The molecule has 128 valence electrons. The molecule has 1 aromatic rings. The summed E-state index contributed by atoms with van der Waals surface area (Å²) < 4.78 is 5.53. The number of hydrogen-bond acceptors (Lipinski definition) is 4. The first-order valence-electron chi connectivity index (χ1n) is 8.35. The van der Waals surface area contributed by atoms with E-state index >= 15 is 0 Å². The highest BCUT2D eigenvalue weighted by Crippen LogP contribution is 2.69. The van der Waals surface area contributed by atoms with Gasteiger partial charge in [-0.25, -0.2) is 0 Å². The fourth-order valence-corrected chi connectivity index (χ4v) is 4.35. The number of rotatable bonds is 4. The van der Waals surface area contributed by atoms with Crippen LogP contribution in [0.4, 0.5) is 5.69 Å². The molecule has 24 heavy (non-hydrogen) atoms. The third kappa shape index (κ3) is 1.78. The summed E-state index contributed by atoms with van der Waals surface area (Å²) in [4.78, 5) is 38.3. The van der Waals surface area contributed by atoms with Gasteiger partial charge in [-0.15, -0.1) is 0 Å². The average Bonchev–Trinajstić information content (AvgIpc) is 2.81. The molecule has 2 aliphatic rings. The first kappa shape index (κ1) is 16.7. The van der Waals surface area contributed by atoms with Crippen LogP contribution in [0.2, 0.25) is 0 Å². The molecule has 5 nitrogen and oxygen atoms in total. The zero-order chi connectivity index (χ0) is 17.8. The largest absolute Gasteiger partial charge is 0.492 e. The third-order valence-electron chi connectivity index (χ3n) is 6.36. The van der Waals surface area contributed by atoms with Crippen LogP contribution in [-0.2, 0) is 14.4 Å². The van der Waals surface area contributed by atoms with E-state index in [0.717, 1.165) is 0 Å². The second kappa shape index (κ2) is 5.16. The van der Waals surface area contributed by atoms with E-state index in [1.807, 2.05) is 33.8 Å². The summed E-state index contributed by atoms with van der Waals surface area (Å²) in [6.45, 7) is 7.86. The fourth-order valence-electron chi connectivity index (χ4n) is 4.35. The van der Waals surface area contributed by atoms with E-state index in [1.54, 1.807) is 18.2 Å². The van der Waals surface area contributed by atoms with Crippen LogP contribution in [0, 0.1) is 16.2 Å². The van der Waals surface area contributed by atoms with Crippen LogP contribution < -0.4 is 10.1 Å². The van der Waals surface area contributed by atoms with Crippen molar-refractivity contribution in [2.75, 3.05) is 11.9 Å². The maximum absolute atomic E-state index is 13.1. The Morgan fingerprint density at radius 3 is 2.38 bits per heavy atom. The SMILES string of the molecule is CCOc1ccccc1NC(=O)C12CCC(C)(C(=O)C1=O)C2(C)C. The minimum atomic E-state index is -1.29. The van der Waals surface area contributed by atoms with Gasteiger partial charge in [0.05, 0.1) is 12.3 Å². The van der Waals surface area contributed by atoms with E-state index in [-0.39, 0.29) is 0 Å². The zero-order valence-corrected chi connectivity index (χ0v) is 14.6. The lowest BCUT2D eigenvalue weighted by molar-refractivity contribution is -0.147. The van der Waals surface area contributed by atoms with Crippen molar-refractivity contribution >= 4 is 23.2 Å². The van der Waals surface area contributed by atoms with Crippen LogP contribution in [0.3, 0.4) is 0 Å². The number of carbonyl (C=O) groups excluding carboxylic acids is 3. The Morgan fingerprint density at radius 2 is 1.79 bits per heavy atom. The second-order valence-corrected chi connectivity index (χ2v) is 7.40. The molecule has 1 N–H and O–H groups in total. The molecule has 0 spiro atoms. The molecule has 2 atom stereocenters. The molecule has 2 unspecified atom stereocenters. The Morgan fingerprint density at radius 1 is 1.12 bits per heavy atom. The predicted molar refractivity (Wildman–Crippen MR) is 89.8 cm³/mol. The van der Waals surface area contributed by atoms with Crippen molar-refractivity contribution in [3.8, 4) is 5.75 Å². The molecule has 2 bridgehead atoms. The van der Waals surface area contributed by atoms with Gasteiger partial charge in [-0.1, -0.05) is 32.9 Å². The van der Waals surface area contributed by atoms with Crippen LogP contribution in [0.1, 0.15) is 40.5 Å². The van der Waals surface area contributed by atoms with E-state index in [4.69, 9.17) is 4.74 Å². The number of anilines is 1. The van der Waals surface area contributed by atoms with Gasteiger partial charge in [0.2, 0.25) is 17.5 Å². The molecule has 0 aromatic heterocycles. The minimum absolute atomic E-state index is 0.403. The lowest BCUT2D eigenvalue weighted by Crippen LogP contribution is -2.47. The average molecular weight is 329 g/mol. The summed E-state index contributed by atoms with van der Waals surface area (Å²) in [5.74, 6) is -0.807. The maximum atomic E-state index is 13.1. The smallest absolute Gasteiger partial charge is 0.239 e. The Bertz CT molecular complexity index is 739. The molecule has 3 rings (SSSR count). The van der Waals surface area contributed by atoms with Crippen molar-refractivity contribution in [2.45, 2.75) is 40.5 Å². The van der Waals surface area contributed by atoms with E-state index < -0.39 is 33.7 Å². The van der Waals surface area contributed by atoms with E-state index in [0.29, 0.717) is 30.9 Å². The Balaban J connectivity index is 1.99. The summed E-state index contributed by atoms with van der Waals surface area (Å²) in [7, 11) is 0. The number of ketones is 2. The molecule has 0 heterocycles. The van der Waals surface area contributed by atoms with Crippen molar-refractivity contribution < 1.29 is 19.1 Å². The van der Waals surface area contributed by atoms with Gasteiger partial charge in [-0.2, -0.15) is 0 Å². The summed E-state index contributed by atoms with van der Waals surface area (Å²) in [6.07, 6.45) is 0.967. The minimum Gasteiger partial charge on any atom is -0.492 e. The molecule has 2 fully saturated rings. The third-order valence-corrected chi connectivity index (χ3v) is 6.36. The first-order valence-corrected chi connectivity index (χ1v) is 8.35. The maximum Gasteiger partial charge on any atom is 0.239 e. The summed E-state index contributed by atoms with van der Waals surface area (Å²) in [5, 5.41) is 2.84. The lowest BCUT2D eigenvalue weighted by atomic mass is 9.64. The number of nitrogens with one attached hydrogen (secondary N) is 1. The molecule has 1 amide bonds. The molecule has 5 heteroatoms. The van der Waals surface area contributed by atoms with Gasteiger partial charge in [-0.05, 0) is 37.3 Å². The molecular formula is C19H23NO4. The van der Waals surface area contributed by atoms with Crippen molar-refractivity contribution in [3.05, 3.63) is 24.3 Å². The topological polar surface area (TPSA) is 72.5 Å². The fraction of sp³-hybridized carbons (Fsp3) is 0.526. The molecule has 2 aliphatic carbocycles. The van der Waals surface area contributed by atoms with Crippen molar-refractivity contribution in [2.24, 2.45) is 16.2 Å². The normalized spacial score (nSPS) is 30.5. The van der Waals surface area contributed by atoms with Gasteiger partial charge in [0, 0.05) is 5.41 Å². The highest BCUT2D eigenvalue weighted by molar-refractivity contribution is 6.49. The standard InChI is InChI=1S/C19H23NO4/c1-5-24-13-9-7-6-8-12(13)20-16(23)19-11-10-18(4,17(19,2)3)14(21)15(19)22/h6-9H,5,10-11H2,1-4H3,(H,20,23). The number of carbonyl (C=O) groups is 3. The van der Waals surface area contributed by atoms with E-state index in [1.165, 1.54) is 0 Å². The van der Waals surface area contributed by atoms with Crippen LogP contribution in [0.15, 0.2) is 24.3 Å². The zero-order valence-electron chi connectivity index (χ0n) is 14.6. The number of para-hydroxylation sites is 2. The number of amides is 1. The molecular weight excluding hydrogens is 306 g/mol. The molecule has 2 saturated carbocycles. The van der Waals surface area contributed by atoms with Crippen molar-refractivity contribution in [1.82, 2.24) is 0 Å². The summed E-state index contributed by atoms with van der Waals surface area (Å²) in [6, 6.07) is 7.12. The quantitative estimate of drug-likeness (QED) is 0.681. The Kier molecular flexibility index (Phi) is 3.59. The highest BCUT2D eigenvalue weighted by Gasteiger charge is 2.77. The monoisotopic (exact) mass is 329 g/mol. The van der Waals surface area contributed by atoms with Crippen LogP contribution >= 0.6 is 0 Å². The number of benzene rings is 1. The van der Waals surface area contributed by atoms with E-state index in [9.17, 15) is 14.4 Å². The predicted octanol–water partition coefficient (Wildman–Crippen LogP) is 2.99. The van der Waals surface area contributed by atoms with Crippen LogP contribution in [-0.4, -0.2) is 24.1 Å². The lowest BCUT2D eigenvalue weighted by Gasteiger charge is -2.37. The number of fused-ring (bicyclic) bond motifs is 2. The van der Waals surface area contributed by atoms with Crippen molar-refractivity contribution in [3.63, 3.8) is 0 Å². The molecule has 0 aliphatic heterocycles. The van der Waals surface area contributed by atoms with Gasteiger partial charge in [0.15, 0.2) is 0 Å². The second-order valence-electron chi connectivity index (χ2n) is 7.40. The first-order chi connectivity index (χ1) is 11.2. The summed E-state index contributed by atoms with van der Waals surface area (Å²) in [5.41, 5.74) is -2.24. The number of hydrogen-bond donors (Lipinski definition) is 1. The number of ether oxygens (including phenoxy) is 1. The molecule has 0 saturated heterocycles. The summed E-state index contributed by atoms with van der Waals surface area (Å²) >= 11 is 0. The number of Topliss-reactive ketones (excluding diaryl/α,β-unsaturated/α-hetero) is 2. The molecule has 1 aromatic carbocycles. The van der Waals surface area contributed by atoms with E-state index in [2.05, 4.69) is 5.32 Å². The highest BCUT2D eigenvalue weighted by atomic mass is 16.5.